The summed E-state index contributed by atoms with van der Waals surface area (Å²) in [5.41, 5.74) is 0. The summed E-state index contributed by atoms with van der Waals surface area (Å²) in [6.45, 7) is 2.85. The van der Waals surface area contributed by atoms with Gasteiger partial charge in [0, 0.05) is 33.7 Å². The van der Waals surface area contributed by atoms with Crippen LogP contribution >= 0.6 is 0 Å². The number of nitrogens with zero attached hydrogens (tertiary/aromatic N) is 1. The molecule has 0 fully saturated rings. The summed E-state index contributed by atoms with van der Waals surface area (Å²) in [6, 6.07) is -1.27. The number of hydrogen-bond acceptors (Lipinski definition) is 3. The van der Waals surface area contributed by atoms with Gasteiger partial charge in [0.2, 0.25) is 0 Å². The first-order valence-corrected chi connectivity index (χ1v) is 5.26. The molecule has 0 aromatic rings. The number of amides is 2. The molecule has 0 saturated heterocycles. The predicted molar refractivity (Wildman–Crippen MR) is 59.4 cm³/mol. The van der Waals surface area contributed by atoms with E-state index in [4.69, 9.17) is 9.84 Å². The number of carboxylic acids is 1. The number of rotatable bonds is 7. The fourth-order valence-corrected chi connectivity index (χ4v) is 1.19. The minimum absolute atomic E-state index is 0.261. The third-order valence-electron chi connectivity index (χ3n) is 2.11. The van der Waals surface area contributed by atoms with E-state index in [1.165, 1.54) is 12.0 Å². The highest BCUT2D eigenvalue weighted by molar-refractivity contribution is 5.82. The van der Waals surface area contributed by atoms with Crippen molar-refractivity contribution >= 4 is 12.0 Å². The largest absolute Gasteiger partial charge is 0.480 e. The molecule has 2 N–H and O–H groups in total. The first kappa shape index (κ1) is 14.7. The molecule has 0 heterocycles. The van der Waals surface area contributed by atoms with Gasteiger partial charge in [-0.05, 0) is 6.42 Å². The summed E-state index contributed by atoms with van der Waals surface area (Å²) in [5.74, 6) is -1.05. The van der Waals surface area contributed by atoms with E-state index in [-0.39, 0.29) is 12.5 Å². The molecule has 0 radical (unpaired) electrons. The van der Waals surface area contributed by atoms with E-state index in [1.54, 1.807) is 7.05 Å². The monoisotopic (exact) mass is 232 g/mol. The zero-order valence-electron chi connectivity index (χ0n) is 10.0. The molecule has 0 aliphatic heterocycles. The molecular weight excluding hydrogens is 212 g/mol. The minimum Gasteiger partial charge on any atom is -0.480 e. The van der Waals surface area contributed by atoms with Crippen molar-refractivity contribution in [2.24, 2.45) is 0 Å². The van der Waals surface area contributed by atoms with E-state index >= 15 is 0 Å². The fraction of sp³-hybridized carbons (Fsp3) is 0.800. The third kappa shape index (κ3) is 5.55. The molecule has 0 rings (SSSR count). The fourth-order valence-electron chi connectivity index (χ4n) is 1.19. The van der Waals surface area contributed by atoms with Crippen LogP contribution in [0, 0.1) is 0 Å². The lowest BCUT2D eigenvalue weighted by Gasteiger charge is -2.20. The molecular formula is C10H20N2O4. The maximum absolute atomic E-state index is 11.5. The summed E-state index contributed by atoms with van der Waals surface area (Å²) < 4.78 is 4.78. The highest BCUT2D eigenvalue weighted by Gasteiger charge is 2.20. The molecule has 2 amide bonds. The predicted octanol–water partition coefficient (Wildman–Crippen LogP) is 0.527. The molecule has 0 spiro atoms. The summed E-state index contributed by atoms with van der Waals surface area (Å²) in [5, 5.41) is 11.3. The Balaban J connectivity index is 4.17. The second-order valence-corrected chi connectivity index (χ2v) is 3.54. The van der Waals surface area contributed by atoms with Gasteiger partial charge in [-0.25, -0.2) is 9.59 Å². The van der Waals surface area contributed by atoms with Crippen molar-refractivity contribution < 1.29 is 19.4 Å². The van der Waals surface area contributed by atoms with E-state index in [0.717, 1.165) is 6.42 Å². The van der Waals surface area contributed by atoms with Crippen molar-refractivity contribution in [2.75, 3.05) is 27.3 Å². The molecule has 6 nitrogen and oxygen atoms in total. The zero-order valence-corrected chi connectivity index (χ0v) is 10.0. The van der Waals surface area contributed by atoms with E-state index < -0.39 is 12.0 Å². The van der Waals surface area contributed by atoms with Crippen molar-refractivity contribution in [2.45, 2.75) is 25.8 Å². The van der Waals surface area contributed by atoms with Gasteiger partial charge in [-0.2, -0.15) is 0 Å². The Labute approximate surface area is 95.6 Å². The van der Waals surface area contributed by atoms with Gasteiger partial charge in [-0.3, -0.25) is 0 Å². The number of hydrogen-bond donors (Lipinski definition) is 2. The van der Waals surface area contributed by atoms with Gasteiger partial charge in [-0.15, -0.1) is 0 Å². The van der Waals surface area contributed by atoms with Crippen molar-refractivity contribution in [3.63, 3.8) is 0 Å². The summed E-state index contributed by atoms with van der Waals surface area (Å²) in [4.78, 5) is 23.8. The first-order chi connectivity index (χ1) is 7.52. The smallest absolute Gasteiger partial charge is 0.326 e. The Morgan fingerprint density at radius 2 is 2.12 bits per heavy atom. The quantitative estimate of drug-likeness (QED) is 0.671. The summed E-state index contributed by atoms with van der Waals surface area (Å²) >= 11 is 0. The Morgan fingerprint density at radius 3 is 2.56 bits per heavy atom. The molecule has 0 saturated carbocycles. The third-order valence-corrected chi connectivity index (χ3v) is 2.11. The lowest BCUT2D eigenvalue weighted by molar-refractivity contribution is -0.139. The number of carboxylic acid groups (broad SMARTS) is 1. The van der Waals surface area contributed by atoms with Crippen LogP contribution in [0.2, 0.25) is 0 Å². The highest BCUT2D eigenvalue weighted by Crippen LogP contribution is 1.96. The van der Waals surface area contributed by atoms with Crippen LogP contribution in [-0.4, -0.2) is 55.4 Å². The van der Waals surface area contributed by atoms with E-state index in [1.807, 2.05) is 6.92 Å². The molecule has 6 heteroatoms. The first-order valence-electron chi connectivity index (χ1n) is 5.26. The van der Waals surface area contributed by atoms with Crippen LogP contribution in [0.25, 0.3) is 0 Å². The Hall–Kier alpha value is -1.30. The number of carbonyl (C=O) groups excluding carboxylic acids is 1. The van der Waals surface area contributed by atoms with Gasteiger partial charge in [-0.1, -0.05) is 6.92 Å². The number of aliphatic carboxylic acids is 1. The molecule has 0 aromatic heterocycles. The normalized spacial score (nSPS) is 11.9. The van der Waals surface area contributed by atoms with Gasteiger partial charge in [0.1, 0.15) is 6.04 Å². The average Bonchev–Trinajstić information content (AvgIpc) is 2.23. The van der Waals surface area contributed by atoms with E-state index in [0.29, 0.717) is 13.2 Å². The molecule has 0 aliphatic carbocycles. The van der Waals surface area contributed by atoms with Crippen LogP contribution in [0.4, 0.5) is 4.79 Å². The topological polar surface area (TPSA) is 78.9 Å². The Morgan fingerprint density at radius 1 is 1.50 bits per heavy atom. The lowest BCUT2D eigenvalue weighted by atomic mass is 10.2. The van der Waals surface area contributed by atoms with Crippen LogP contribution in [0.3, 0.4) is 0 Å². The Bertz CT molecular complexity index is 233. The van der Waals surface area contributed by atoms with Gasteiger partial charge < -0.3 is 20.1 Å². The highest BCUT2D eigenvalue weighted by atomic mass is 16.5. The van der Waals surface area contributed by atoms with Crippen LogP contribution in [0.5, 0.6) is 0 Å². The molecule has 0 bridgehead atoms. The van der Waals surface area contributed by atoms with Crippen molar-refractivity contribution in [1.29, 1.82) is 0 Å². The van der Waals surface area contributed by atoms with Crippen LogP contribution in [0.15, 0.2) is 0 Å². The molecule has 1 unspecified atom stereocenters. The maximum Gasteiger partial charge on any atom is 0.326 e. The standard InChI is InChI=1S/C10H20N2O4/c1-4-6-12(2)10(15)11-8(9(13)14)5-7-16-3/h8H,4-7H2,1-3H3,(H,11,15)(H,13,14). The van der Waals surface area contributed by atoms with Gasteiger partial charge in [0.05, 0.1) is 0 Å². The molecule has 1 atom stereocenters. The molecule has 16 heavy (non-hydrogen) atoms. The van der Waals surface area contributed by atoms with Crippen LogP contribution < -0.4 is 5.32 Å². The minimum atomic E-state index is -1.05. The Kier molecular flexibility index (Phi) is 7.28. The molecule has 0 aromatic carbocycles. The molecule has 94 valence electrons. The summed E-state index contributed by atoms with van der Waals surface area (Å²) in [6.07, 6.45) is 1.09. The average molecular weight is 232 g/mol. The van der Waals surface area contributed by atoms with Crippen LogP contribution in [-0.2, 0) is 9.53 Å². The van der Waals surface area contributed by atoms with E-state index in [2.05, 4.69) is 5.32 Å². The maximum atomic E-state index is 11.5. The number of methoxy groups -OCH3 is 1. The van der Waals surface area contributed by atoms with Gasteiger partial charge in [0.25, 0.3) is 0 Å². The van der Waals surface area contributed by atoms with Crippen molar-refractivity contribution in [3.8, 4) is 0 Å². The number of urea groups is 1. The van der Waals surface area contributed by atoms with Crippen molar-refractivity contribution in [3.05, 3.63) is 0 Å². The van der Waals surface area contributed by atoms with Crippen LogP contribution in [0.1, 0.15) is 19.8 Å². The molecule has 0 aliphatic rings. The SMILES string of the molecule is CCCN(C)C(=O)NC(CCOC)C(=O)O. The lowest BCUT2D eigenvalue weighted by Crippen LogP contribution is -2.47. The second kappa shape index (κ2) is 7.92. The number of ether oxygens (including phenoxy) is 1. The number of carbonyl (C=O) groups is 2. The number of nitrogens with one attached hydrogen (secondary N) is 1. The zero-order chi connectivity index (χ0) is 12.6. The van der Waals surface area contributed by atoms with Gasteiger partial charge >= 0.3 is 12.0 Å². The second-order valence-electron chi connectivity index (χ2n) is 3.54. The van der Waals surface area contributed by atoms with Crippen molar-refractivity contribution in [1.82, 2.24) is 10.2 Å². The summed E-state index contributed by atoms with van der Waals surface area (Å²) in [7, 11) is 3.12. The van der Waals surface area contributed by atoms with Gasteiger partial charge in [0.15, 0.2) is 0 Å². The van der Waals surface area contributed by atoms with E-state index in [9.17, 15) is 9.59 Å².